The lowest BCUT2D eigenvalue weighted by atomic mass is 9.81. The number of allylic oxidation sites excluding steroid dienone is 1. The summed E-state index contributed by atoms with van der Waals surface area (Å²) in [5.41, 5.74) is 1.28. The van der Waals surface area contributed by atoms with Gasteiger partial charge in [0, 0.05) is 12.3 Å². The van der Waals surface area contributed by atoms with Gasteiger partial charge in [-0.1, -0.05) is 44.0 Å². The third kappa shape index (κ3) is 6.32. The smallest absolute Gasteiger partial charge is 0.224 e. The van der Waals surface area contributed by atoms with Crippen molar-refractivity contribution in [2.75, 3.05) is 0 Å². The van der Waals surface area contributed by atoms with E-state index in [1.54, 1.807) is 6.08 Å². The van der Waals surface area contributed by atoms with Gasteiger partial charge < -0.3 is 10.1 Å². The molecule has 1 N–H and O–H groups in total. The van der Waals surface area contributed by atoms with Gasteiger partial charge in [-0.25, -0.2) is 0 Å². The molecule has 0 aromatic heterocycles. The van der Waals surface area contributed by atoms with E-state index < -0.39 is 0 Å². The zero-order valence-corrected chi connectivity index (χ0v) is 20.1. The summed E-state index contributed by atoms with van der Waals surface area (Å²) in [6, 6.07) is 15.2. The maximum Gasteiger partial charge on any atom is 0.224 e. The molecule has 0 saturated heterocycles. The predicted molar refractivity (Wildman–Crippen MR) is 130 cm³/mol. The molecule has 2 aliphatic carbocycles. The number of benzene rings is 2. The molecule has 0 bridgehead atoms. The molecular weight excluding hydrogens is 466 g/mol. The van der Waals surface area contributed by atoms with Gasteiger partial charge in [-0.15, -0.1) is 0 Å². The van der Waals surface area contributed by atoms with Crippen molar-refractivity contribution in [1.82, 2.24) is 5.32 Å². The van der Waals surface area contributed by atoms with Gasteiger partial charge in [0.25, 0.3) is 0 Å². The molecule has 0 heterocycles. The molecule has 32 heavy (non-hydrogen) atoms. The molecule has 1 amide bonds. The first kappa shape index (κ1) is 22.8. The largest absolute Gasteiger partial charge is 0.456 e. The minimum absolute atomic E-state index is 0.0429. The highest BCUT2D eigenvalue weighted by molar-refractivity contribution is 9.10. The van der Waals surface area contributed by atoms with Gasteiger partial charge in [0.2, 0.25) is 5.91 Å². The SMILES string of the molecule is CC1CCC(CC(=O)N/C(=C\c2ccc(Oc3ccccc3Br)cc2)C(=O)C2CC2)CC1. The first-order valence-electron chi connectivity index (χ1n) is 11.6. The van der Waals surface area contributed by atoms with Gasteiger partial charge in [-0.3, -0.25) is 9.59 Å². The molecule has 4 nitrogen and oxygen atoms in total. The van der Waals surface area contributed by atoms with Crippen LogP contribution in [0.3, 0.4) is 0 Å². The third-order valence-electron chi connectivity index (χ3n) is 6.35. The lowest BCUT2D eigenvalue weighted by molar-refractivity contribution is -0.124. The molecule has 2 aromatic rings. The maximum atomic E-state index is 12.8. The minimum atomic E-state index is -0.0429. The molecule has 0 unspecified atom stereocenters. The van der Waals surface area contributed by atoms with Gasteiger partial charge in [-0.2, -0.15) is 0 Å². The van der Waals surface area contributed by atoms with E-state index in [1.165, 1.54) is 12.8 Å². The Balaban J connectivity index is 1.43. The summed E-state index contributed by atoms with van der Waals surface area (Å²) in [5.74, 6) is 2.69. The van der Waals surface area contributed by atoms with Gasteiger partial charge in [0.1, 0.15) is 11.5 Å². The van der Waals surface area contributed by atoms with Crippen LogP contribution in [0.15, 0.2) is 58.7 Å². The van der Waals surface area contributed by atoms with Crippen molar-refractivity contribution in [2.24, 2.45) is 17.8 Å². The molecule has 4 rings (SSSR count). The van der Waals surface area contributed by atoms with E-state index in [2.05, 4.69) is 28.2 Å². The molecule has 2 fully saturated rings. The Bertz CT molecular complexity index is 986. The number of halogens is 1. The van der Waals surface area contributed by atoms with Crippen LogP contribution < -0.4 is 10.1 Å². The molecule has 2 aromatic carbocycles. The quantitative estimate of drug-likeness (QED) is 0.405. The fraction of sp³-hybridized carbons (Fsp3) is 0.407. The number of amides is 1. The Morgan fingerprint density at radius 1 is 1.00 bits per heavy atom. The van der Waals surface area contributed by atoms with Gasteiger partial charge >= 0.3 is 0 Å². The summed E-state index contributed by atoms with van der Waals surface area (Å²) in [4.78, 5) is 25.5. The van der Waals surface area contributed by atoms with Crippen LogP contribution >= 0.6 is 15.9 Å². The first-order chi connectivity index (χ1) is 15.5. The van der Waals surface area contributed by atoms with Crippen LogP contribution in [-0.2, 0) is 9.59 Å². The molecule has 0 aliphatic heterocycles. The molecule has 5 heteroatoms. The van der Waals surface area contributed by atoms with Crippen molar-refractivity contribution >= 4 is 33.7 Å². The zero-order valence-electron chi connectivity index (χ0n) is 18.5. The number of rotatable bonds is 8. The van der Waals surface area contributed by atoms with Crippen LogP contribution in [0.25, 0.3) is 6.08 Å². The number of hydrogen-bond donors (Lipinski definition) is 1. The van der Waals surface area contributed by atoms with Crippen LogP contribution in [0.5, 0.6) is 11.5 Å². The number of nitrogens with one attached hydrogen (secondary N) is 1. The number of Topliss-reactive ketones (excluding diaryl/α,β-unsaturated/α-hetero) is 1. The van der Waals surface area contributed by atoms with E-state index in [0.717, 1.165) is 47.4 Å². The molecule has 0 spiro atoms. The highest BCUT2D eigenvalue weighted by Crippen LogP contribution is 2.34. The minimum Gasteiger partial charge on any atom is -0.456 e. The fourth-order valence-electron chi connectivity index (χ4n) is 4.18. The second-order valence-electron chi connectivity index (χ2n) is 9.18. The van der Waals surface area contributed by atoms with Crippen molar-refractivity contribution in [2.45, 2.75) is 51.9 Å². The number of carbonyl (C=O) groups excluding carboxylic acids is 2. The summed E-state index contributed by atoms with van der Waals surface area (Å²) in [7, 11) is 0. The normalized spacial score (nSPS) is 21.1. The number of ketones is 1. The summed E-state index contributed by atoms with van der Waals surface area (Å²) < 4.78 is 6.80. The molecular formula is C27H30BrNO3. The first-order valence-corrected chi connectivity index (χ1v) is 12.4. The predicted octanol–water partition coefficient (Wildman–Crippen LogP) is 6.89. The Labute approximate surface area is 198 Å². The standard InChI is InChI=1S/C27H30BrNO3/c1-18-6-8-20(9-7-18)17-26(30)29-24(27(31)21-12-13-21)16-19-10-14-22(15-11-19)32-25-5-3-2-4-23(25)28/h2-5,10-11,14-16,18,20-21H,6-9,12-13,17H2,1H3,(H,29,30)/b24-16-. The highest BCUT2D eigenvalue weighted by Gasteiger charge is 2.32. The van der Waals surface area contributed by atoms with Crippen LogP contribution in [0.1, 0.15) is 57.4 Å². The summed E-state index contributed by atoms with van der Waals surface area (Å²) >= 11 is 3.49. The molecule has 168 valence electrons. The lowest BCUT2D eigenvalue weighted by Crippen LogP contribution is -2.30. The van der Waals surface area contributed by atoms with E-state index >= 15 is 0 Å². The Kier molecular flexibility index (Phi) is 7.46. The van der Waals surface area contributed by atoms with Crippen LogP contribution in [-0.4, -0.2) is 11.7 Å². The number of hydrogen-bond acceptors (Lipinski definition) is 3. The van der Waals surface area contributed by atoms with Gasteiger partial charge in [0.05, 0.1) is 10.2 Å². The van der Waals surface area contributed by atoms with Crippen molar-refractivity contribution in [3.63, 3.8) is 0 Å². The molecule has 0 radical (unpaired) electrons. The van der Waals surface area contributed by atoms with E-state index in [1.807, 2.05) is 48.5 Å². The van der Waals surface area contributed by atoms with Crippen LogP contribution in [0, 0.1) is 17.8 Å². The van der Waals surface area contributed by atoms with E-state index in [-0.39, 0.29) is 17.6 Å². The lowest BCUT2D eigenvalue weighted by Gasteiger charge is -2.25. The average molecular weight is 496 g/mol. The van der Waals surface area contributed by atoms with Crippen molar-refractivity contribution in [3.05, 3.63) is 64.3 Å². The topological polar surface area (TPSA) is 55.4 Å². The molecule has 2 saturated carbocycles. The van der Waals surface area contributed by atoms with Gasteiger partial charge in [0.15, 0.2) is 5.78 Å². The van der Waals surface area contributed by atoms with Crippen LogP contribution in [0.4, 0.5) is 0 Å². The van der Waals surface area contributed by atoms with Crippen molar-refractivity contribution < 1.29 is 14.3 Å². The number of carbonyl (C=O) groups is 2. The summed E-state index contributed by atoms with van der Waals surface area (Å²) in [6.45, 7) is 2.28. The summed E-state index contributed by atoms with van der Waals surface area (Å²) in [6.07, 6.45) is 8.69. The van der Waals surface area contributed by atoms with E-state index in [9.17, 15) is 9.59 Å². The van der Waals surface area contributed by atoms with Gasteiger partial charge in [-0.05, 0) is 89.4 Å². The van der Waals surface area contributed by atoms with Crippen molar-refractivity contribution in [3.8, 4) is 11.5 Å². The Morgan fingerprint density at radius 3 is 2.34 bits per heavy atom. The van der Waals surface area contributed by atoms with E-state index in [0.29, 0.717) is 23.8 Å². The second kappa shape index (κ2) is 10.5. The fourth-order valence-corrected chi connectivity index (χ4v) is 4.55. The van der Waals surface area contributed by atoms with Crippen LogP contribution in [0.2, 0.25) is 0 Å². The maximum absolute atomic E-state index is 12.8. The monoisotopic (exact) mass is 495 g/mol. The number of para-hydroxylation sites is 1. The highest BCUT2D eigenvalue weighted by atomic mass is 79.9. The Morgan fingerprint density at radius 2 is 1.69 bits per heavy atom. The van der Waals surface area contributed by atoms with E-state index in [4.69, 9.17) is 4.74 Å². The zero-order chi connectivity index (χ0) is 22.5. The number of ether oxygens (including phenoxy) is 1. The second-order valence-corrected chi connectivity index (χ2v) is 10.0. The molecule has 2 aliphatic rings. The van der Waals surface area contributed by atoms with Crippen molar-refractivity contribution in [1.29, 1.82) is 0 Å². The average Bonchev–Trinajstić information content (AvgIpc) is 3.63. The molecule has 0 atom stereocenters. The summed E-state index contributed by atoms with van der Waals surface area (Å²) in [5, 5.41) is 2.94. The third-order valence-corrected chi connectivity index (χ3v) is 7.01. The Hall–Kier alpha value is -2.40.